The molecule has 2 rings (SSSR count). The van der Waals surface area contributed by atoms with E-state index in [0.717, 1.165) is 28.4 Å². The largest absolute Gasteiger partial charge is 0.478 e. The zero-order chi connectivity index (χ0) is 13.1. The molecule has 1 N–H and O–H groups in total. The summed E-state index contributed by atoms with van der Waals surface area (Å²) in [5.41, 5.74) is 2.00. The van der Waals surface area contributed by atoms with E-state index in [0.29, 0.717) is 0 Å². The van der Waals surface area contributed by atoms with Crippen LogP contribution >= 0.6 is 11.8 Å². The Labute approximate surface area is 110 Å². The Hall–Kier alpha value is -1.49. The Morgan fingerprint density at radius 1 is 1.50 bits per heavy atom. The molecule has 4 nitrogen and oxygen atoms in total. The van der Waals surface area contributed by atoms with E-state index in [1.165, 1.54) is 6.42 Å². The van der Waals surface area contributed by atoms with E-state index in [2.05, 4.69) is 11.9 Å². The normalized spacial score (nSPS) is 11.0. The van der Waals surface area contributed by atoms with Crippen LogP contribution in [0.4, 0.5) is 0 Å². The molecule has 0 bridgehead atoms. The minimum Gasteiger partial charge on any atom is -0.478 e. The highest BCUT2D eigenvalue weighted by atomic mass is 32.2. The molecule has 96 valence electrons. The standard InChI is InChI=1S/C13H16N2O2S/c1-3-4-7-18-13-14-10-8-9(12(16)17)5-6-11(10)15(13)2/h5-6,8H,3-4,7H2,1-2H3,(H,16,17). The van der Waals surface area contributed by atoms with Crippen LogP contribution in [0.3, 0.4) is 0 Å². The summed E-state index contributed by atoms with van der Waals surface area (Å²) in [7, 11) is 1.96. The van der Waals surface area contributed by atoms with Crippen molar-refractivity contribution in [2.24, 2.45) is 7.05 Å². The summed E-state index contributed by atoms with van der Waals surface area (Å²) in [6.45, 7) is 2.16. The lowest BCUT2D eigenvalue weighted by atomic mass is 10.2. The van der Waals surface area contributed by atoms with Gasteiger partial charge in [0, 0.05) is 12.8 Å². The number of carboxylic acid groups (broad SMARTS) is 1. The van der Waals surface area contributed by atoms with Crippen LogP contribution in [-0.2, 0) is 7.05 Å². The second-order valence-corrected chi connectivity index (χ2v) is 5.23. The summed E-state index contributed by atoms with van der Waals surface area (Å²) >= 11 is 1.72. The van der Waals surface area contributed by atoms with Crippen molar-refractivity contribution in [1.29, 1.82) is 0 Å². The Balaban J connectivity index is 2.33. The first-order chi connectivity index (χ1) is 8.63. The molecule has 0 amide bonds. The minimum absolute atomic E-state index is 0.283. The first kappa shape index (κ1) is 13.0. The van der Waals surface area contributed by atoms with Gasteiger partial charge < -0.3 is 9.67 Å². The predicted molar refractivity (Wildman–Crippen MR) is 73.3 cm³/mol. The summed E-state index contributed by atoms with van der Waals surface area (Å²) in [4.78, 5) is 15.4. The summed E-state index contributed by atoms with van der Waals surface area (Å²) in [6.07, 6.45) is 2.33. The molecule has 0 aliphatic carbocycles. The monoisotopic (exact) mass is 264 g/mol. The van der Waals surface area contributed by atoms with Gasteiger partial charge in [0.25, 0.3) is 0 Å². The number of nitrogens with zero attached hydrogens (tertiary/aromatic N) is 2. The molecule has 1 heterocycles. The van der Waals surface area contributed by atoms with Crippen molar-refractivity contribution < 1.29 is 9.90 Å². The highest BCUT2D eigenvalue weighted by molar-refractivity contribution is 7.99. The molecule has 0 radical (unpaired) electrons. The topological polar surface area (TPSA) is 55.1 Å². The molecule has 1 aromatic carbocycles. The number of rotatable bonds is 5. The van der Waals surface area contributed by atoms with E-state index in [-0.39, 0.29) is 5.56 Å². The minimum atomic E-state index is -0.914. The van der Waals surface area contributed by atoms with Crippen molar-refractivity contribution in [2.75, 3.05) is 5.75 Å². The van der Waals surface area contributed by atoms with Gasteiger partial charge in [-0.15, -0.1) is 0 Å². The third-order valence-corrected chi connectivity index (χ3v) is 3.93. The zero-order valence-corrected chi connectivity index (χ0v) is 11.3. The number of hydrogen-bond acceptors (Lipinski definition) is 3. The number of aromatic nitrogens is 2. The number of unbranched alkanes of at least 4 members (excludes halogenated alkanes) is 1. The molecule has 0 unspecified atom stereocenters. The van der Waals surface area contributed by atoms with Crippen LogP contribution in [0.5, 0.6) is 0 Å². The number of thioether (sulfide) groups is 1. The summed E-state index contributed by atoms with van der Waals surface area (Å²) in [5.74, 6) is 0.127. The van der Waals surface area contributed by atoms with Crippen LogP contribution in [0.2, 0.25) is 0 Å². The van der Waals surface area contributed by atoms with E-state index in [1.807, 2.05) is 17.7 Å². The van der Waals surface area contributed by atoms with Gasteiger partial charge >= 0.3 is 5.97 Å². The van der Waals surface area contributed by atoms with E-state index >= 15 is 0 Å². The van der Waals surface area contributed by atoms with Gasteiger partial charge in [0.2, 0.25) is 0 Å². The quantitative estimate of drug-likeness (QED) is 0.665. The molecule has 18 heavy (non-hydrogen) atoms. The van der Waals surface area contributed by atoms with E-state index in [4.69, 9.17) is 5.11 Å². The van der Waals surface area contributed by atoms with Crippen LogP contribution in [0.25, 0.3) is 11.0 Å². The average molecular weight is 264 g/mol. The number of carbonyl (C=O) groups is 1. The van der Waals surface area contributed by atoms with E-state index in [1.54, 1.807) is 23.9 Å². The van der Waals surface area contributed by atoms with Gasteiger partial charge in [-0.05, 0) is 24.6 Å². The summed E-state index contributed by atoms with van der Waals surface area (Å²) in [6, 6.07) is 5.06. The molecule has 0 spiro atoms. The number of carboxylic acids is 1. The molecule has 0 atom stereocenters. The Morgan fingerprint density at radius 2 is 2.28 bits per heavy atom. The first-order valence-electron chi connectivity index (χ1n) is 5.96. The second-order valence-electron chi connectivity index (χ2n) is 4.16. The molecule has 1 aromatic heterocycles. The number of aryl methyl sites for hydroxylation is 1. The van der Waals surface area contributed by atoms with Crippen molar-refractivity contribution in [1.82, 2.24) is 9.55 Å². The van der Waals surface area contributed by atoms with Gasteiger partial charge in [-0.25, -0.2) is 9.78 Å². The molecule has 0 fully saturated rings. The third kappa shape index (κ3) is 2.51. The van der Waals surface area contributed by atoms with Crippen molar-refractivity contribution in [3.63, 3.8) is 0 Å². The van der Waals surface area contributed by atoms with Gasteiger partial charge in [-0.3, -0.25) is 0 Å². The number of aromatic carboxylic acids is 1. The van der Waals surface area contributed by atoms with Gasteiger partial charge in [-0.1, -0.05) is 25.1 Å². The van der Waals surface area contributed by atoms with Gasteiger partial charge in [0.1, 0.15) is 0 Å². The van der Waals surface area contributed by atoms with Gasteiger partial charge in [0.15, 0.2) is 5.16 Å². The lowest BCUT2D eigenvalue weighted by molar-refractivity contribution is 0.0697. The van der Waals surface area contributed by atoms with Crippen LogP contribution < -0.4 is 0 Å². The molecule has 0 saturated heterocycles. The lowest BCUT2D eigenvalue weighted by Gasteiger charge is -2.00. The first-order valence-corrected chi connectivity index (χ1v) is 6.94. The lowest BCUT2D eigenvalue weighted by Crippen LogP contribution is -1.95. The second kappa shape index (κ2) is 5.44. The molecule has 2 aromatic rings. The maximum absolute atomic E-state index is 10.9. The van der Waals surface area contributed by atoms with Crippen LogP contribution in [-0.4, -0.2) is 26.4 Å². The number of hydrogen-bond donors (Lipinski definition) is 1. The highest BCUT2D eigenvalue weighted by Crippen LogP contribution is 2.24. The molecule has 0 saturated carbocycles. The van der Waals surface area contributed by atoms with E-state index < -0.39 is 5.97 Å². The smallest absolute Gasteiger partial charge is 0.335 e. The maximum atomic E-state index is 10.9. The van der Waals surface area contributed by atoms with Crippen molar-refractivity contribution in [2.45, 2.75) is 24.9 Å². The predicted octanol–water partition coefficient (Wildman–Crippen LogP) is 3.16. The van der Waals surface area contributed by atoms with Crippen LogP contribution in [0.1, 0.15) is 30.1 Å². The average Bonchev–Trinajstić information content (AvgIpc) is 2.66. The molecule has 0 aliphatic rings. The Kier molecular flexibility index (Phi) is 3.91. The Bertz CT molecular complexity index is 578. The SMILES string of the molecule is CCCCSc1nc2cc(C(=O)O)ccc2n1C. The van der Waals surface area contributed by atoms with Gasteiger partial charge in [-0.2, -0.15) is 0 Å². The van der Waals surface area contributed by atoms with Crippen molar-refractivity contribution in [3.05, 3.63) is 23.8 Å². The fourth-order valence-corrected chi connectivity index (χ4v) is 2.82. The molecule has 0 aliphatic heterocycles. The number of imidazole rings is 1. The van der Waals surface area contributed by atoms with Crippen LogP contribution in [0, 0.1) is 0 Å². The Morgan fingerprint density at radius 3 is 2.94 bits per heavy atom. The fraction of sp³-hybridized carbons (Fsp3) is 0.385. The highest BCUT2D eigenvalue weighted by Gasteiger charge is 2.10. The van der Waals surface area contributed by atoms with Gasteiger partial charge in [0.05, 0.1) is 16.6 Å². The molecular weight excluding hydrogens is 248 g/mol. The van der Waals surface area contributed by atoms with Crippen molar-refractivity contribution >= 4 is 28.8 Å². The molecular formula is C13H16N2O2S. The summed E-state index contributed by atoms with van der Waals surface area (Å²) < 4.78 is 2.02. The van der Waals surface area contributed by atoms with Crippen molar-refractivity contribution in [3.8, 4) is 0 Å². The molecule has 5 heteroatoms. The third-order valence-electron chi connectivity index (χ3n) is 2.82. The van der Waals surface area contributed by atoms with E-state index in [9.17, 15) is 4.79 Å². The van der Waals surface area contributed by atoms with Crippen LogP contribution in [0.15, 0.2) is 23.4 Å². The maximum Gasteiger partial charge on any atom is 0.335 e. The summed E-state index contributed by atoms with van der Waals surface area (Å²) in [5, 5.41) is 9.90. The number of benzene rings is 1. The fourth-order valence-electron chi connectivity index (χ4n) is 1.75. The zero-order valence-electron chi connectivity index (χ0n) is 10.5. The number of fused-ring (bicyclic) bond motifs is 1.